The van der Waals surface area contributed by atoms with Gasteiger partial charge in [-0.15, -0.1) is 10.2 Å². The maximum absolute atomic E-state index is 5.73. The lowest BCUT2D eigenvalue weighted by Crippen LogP contribution is -2.06. The quantitative estimate of drug-likeness (QED) is 0.434. The fraction of sp³-hybridized carbons (Fsp3) is 0.250. The molecule has 1 aromatic carbocycles. The van der Waals surface area contributed by atoms with Gasteiger partial charge in [0.05, 0.1) is 37.4 Å². The van der Waals surface area contributed by atoms with E-state index in [-0.39, 0.29) is 6.61 Å². The number of hydrogen-bond acceptors (Lipinski definition) is 7. The molecule has 8 nitrogen and oxygen atoms in total. The lowest BCUT2D eigenvalue weighted by atomic mass is 10.0. The Morgan fingerprint density at radius 1 is 0.844 bits per heavy atom. The monoisotopic (exact) mass is 431 g/mol. The van der Waals surface area contributed by atoms with Crippen molar-refractivity contribution in [3.8, 4) is 40.0 Å². The molecule has 0 aliphatic rings. The Hall–Kier alpha value is -3.78. The van der Waals surface area contributed by atoms with E-state index in [1.54, 1.807) is 39.8 Å². The van der Waals surface area contributed by atoms with Gasteiger partial charge in [-0.25, -0.2) is 4.98 Å². The summed E-state index contributed by atoms with van der Waals surface area (Å²) in [5, 5.41) is 8.74. The molecule has 4 aromatic rings. The second-order valence-corrected chi connectivity index (χ2v) is 7.36. The van der Waals surface area contributed by atoms with Crippen LogP contribution in [0.15, 0.2) is 48.8 Å². The van der Waals surface area contributed by atoms with E-state index >= 15 is 0 Å². The highest BCUT2D eigenvalue weighted by Crippen LogP contribution is 2.34. The first-order valence-corrected chi connectivity index (χ1v) is 10.1. The standard InChI is InChI=1S/C24H25N5O3/c1-15-6-8-18(16(2)10-15)20-11-21(31-4)19(13-25-20)24-28-27-22(14-30-3)29(24)17-7-9-23(32-5)26-12-17/h6-13H,14H2,1-5H3. The summed E-state index contributed by atoms with van der Waals surface area (Å²) in [5.74, 6) is 2.39. The molecule has 0 bridgehead atoms. The Morgan fingerprint density at radius 2 is 1.69 bits per heavy atom. The van der Waals surface area contributed by atoms with Crippen molar-refractivity contribution < 1.29 is 14.2 Å². The number of rotatable bonds is 7. The van der Waals surface area contributed by atoms with Gasteiger partial charge < -0.3 is 14.2 Å². The van der Waals surface area contributed by atoms with Crippen molar-refractivity contribution >= 4 is 0 Å². The van der Waals surface area contributed by atoms with Crippen LogP contribution in [-0.2, 0) is 11.3 Å². The Morgan fingerprint density at radius 3 is 2.34 bits per heavy atom. The summed E-state index contributed by atoms with van der Waals surface area (Å²) < 4.78 is 18.1. The van der Waals surface area contributed by atoms with Gasteiger partial charge in [-0.2, -0.15) is 0 Å². The normalized spacial score (nSPS) is 10.9. The Balaban J connectivity index is 1.84. The van der Waals surface area contributed by atoms with Crippen LogP contribution >= 0.6 is 0 Å². The average molecular weight is 431 g/mol. The molecular weight excluding hydrogens is 406 g/mol. The number of pyridine rings is 2. The third-order valence-electron chi connectivity index (χ3n) is 5.18. The first-order valence-electron chi connectivity index (χ1n) is 10.1. The number of aryl methyl sites for hydroxylation is 2. The minimum Gasteiger partial charge on any atom is -0.496 e. The van der Waals surface area contributed by atoms with Crippen molar-refractivity contribution in [1.29, 1.82) is 0 Å². The smallest absolute Gasteiger partial charge is 0.213 e. The highest BCUT2D eigenvalue weighted by molar-refractivity contribution is 5.72. The van der Waals surface area contributed by atoms with Gasteiger partial charge in [0, 0.05) is 31.0 Å². The van der Waals surface area contributed by atoms with Crippen molar-refractivity contribution in [2.75, 3.05) is 21.3 Å². The number of nitrogens with zero attached hydrogens (tertiary/aromatic N) is 5. The SMILES string of the molecule is COCc1nnc(-c2cnc(-c3ccc(C)cc3C)cc2OC)n1-c1ccc(OC)nc1. The van der Waals surface area contributed by atoms with E-state index in [0.717, 1.165) is 22.5 Å². The summed E-state index contributed by atoms with van der Waals surface area (Å²) in [4.78, 5) is 9.03. The molecule has 8 heteroatoms. The minimum absolute atomic E-state index is 0.287. The molecule has 0 fully saturated rings. The average Bonchev–Trinajstić information content (AvgIpc) is 3.22. The van der Waals surface area contributed by atoms with Crippen LogP contribution in [0.5, 0.6) is 11.6 Å². The van der Waals surface area contributed by atoms with Crippen LogP contribution in [0.1, 0.15) is 17.0 Å². The molecule has 32 heavy (non-hydrogen) atoms. The number of hydrogen-bond donors (Lipinski definition) is 0. The van der Waals surface area contributed by atoms with E-state index < -0.39 is 0 Å². The molecule has 0 unspecified atom stereocenters. The molecule has 0 N–H and O–H groups in total. The van der Waals surface area contributed by atoms with E-state index in [0.29, 0.717) is 28.8 Å². The Bertz CT molecular complexity index is 1240. The predicted molar refractivity (Wildman–Crippen MR) is 121 cm³/mol. The predicted octanol–water partition coefficient (Wildman–Crippen LogP) is 4.17. The van der Waals surface area contributed by atoms with Crippen molar-refractivity contribution in [2.45, 2.75) is 20.5 Å². The summed E-state index contributed by atoms with van der Waals surface area (Å²) in [7, 11) is 4.83. The van der Waals surface area contributed by atoms with Crippen LogP contribution in [-0.4, -0.2) is 46.1 Å². The molecule has 0 radical (unpaired) electrons. The molecule has 0 aliphatic heterocycles. The van der Waals surface area contributed by atoms with Gasteiger partial charge in [-0.1, -0.05) is 23.8 Å². The molecule has 0 aliphatic carbocycles. The molecule has 0 saturated heterocycles. The fourth-order valence-corrected chi connectivity index (χ4v) is 3.63. The number of ether oxygens (including phenoxy) is 3. The molecule has 0 atom stereocenters. The first-order chi connectivity index (χ1) is 15.5. The Kier molecular flexibility index (Phi) is 6.13. The van der Waals surface area contributed by atoms with Gasteiger partial charge in [0.15, 0.2) is 11.6 Å². The van der Waals surface area contributed by atoms with Crippen molar-refractivity contribution in [3.05, 3.63) is 65.7 Å². The first kappa shape index (κ1) is 21.5. The molecule has 164 valence electrons. The van der Waals surface area contributed by atoms with Crippen LogP contribution in [0, 0.1) is 13.8 Å². The molecule has 0 spiro atoms. The van der Waals surface area contributed by atoms with Crippen LogP contribution in [0.3, 0.4) is 0 Å². The molecule has 0 saturated carbocycles. The highest BCUT2D eigenvalue weighted by Gasteiger charge is 2.20. The lowest BCUT2D eigenvalue weighted by molar-refractivity contribution is 0.176. The summed E-state index contributed by atoms with van der Waals surface area (Å²) in [6, 6.07) is 11.9. The van der Waals surface area contributed by atoms with Gasteiger partial charge in [0.1, 0.15) is 12.4 Å². The van der Waals surface area contributed by atoms with Gasteiger partial charge >= 0.3 is 0 Å². The summed E-state index contributed by atoms with van der Waals surface area (Å²) >= 11 is 0. The van der Waals surface area contributed by atoms with Crippen LogP contribution in [0.4, 0.5) is 0 Å². The zero-order chi connectivity index (χ0) is 22.7. The third kappa shape index (κ3) is 4.04. The Labute approximate surface area is 186 Å². The summed E-state index contributed by atoms with van der Waals surface area (Å²) in [5.41, 5.74) is 5.74. The number of aromatic nitrogens is 5. The lowest BCUT2D eigenvalue weighted by Gasteiger charge is -2.14. The summed E-state index contributed by atoms with van der Waals surface area (Å²) in [6.07, 6.45) is 3.47. The molecule has 4 rings (SSSR count). The van der Waals surface area contributed by atoms with E-state index in [4.69, 9.17) is 19.2 Å². The van der Waals surface area contributed by atoms with E-state index in [9.17, 15) is 0 Å². The maximum Gasteiger partial charge on any atom is 0.213 e. The van der Waals surface area contributed by atoms with Crippen LogP contribution < -0.4 is 9.47 Å². The van der Waals surface area contributed by atoms with Crippen molar-refractivity contribution in [1.82, 2.24) is 24.7 Å². The van der Waals surface area contributed by atoms with E-state index in [2.05, 4.69) is 47.2 Å². The summed E-state index contributed by atoms with van der Waals surface area (Å²) in [6.45, 7) is 4.44. The number of methoxy groups -OCH3 is 3. The van der Waals surface area contributed by atoms with Gasteiger partial charge in [-0.3, -0.25) is 9.55 Å². The van der Waals surface area contributed by atoms with Crippen molar-refractivity contribution in [3.63, 3.8) is 0 Å². The topological polar surface area (TPSA) is 84.2 Å². The number of benzene rings is 1. The zero-order valence-corrected chi connectivity index (χ0v) is 18.8. The fourth-order valence-electron chi connectivity index (χ4n) is 3.63. The zero-order valence-electron chi connectivity index (χ0n) is 18.8. The molecule has 3 aromatic heterocycles. The molecular formula is C24H25N5O3. The largest absolute Gasteiger partial charge is 0.496 e. The third-order valence-corrected chi connectivity index (χ3v) is 5.18. The van der Waals surface area contributed by atoms with Crippen LogP contribution in [0.25, 0.3) is 28.3 Å². The second kappa shape index (κ2) is 9.15. The van der Waals surface area contributed by atoms with Crippen LogP contribution in [0.2, 0.25) is 0 Å². The van der Waals surface area contributed by atoms with E-state index in [1.807, 2.05) is 16.7 Å². The highest BCUT2D eigenvalue weighted by atomic mass is 16.5. The molecule has 3 heterocycles. The minimum atomic E-state index is 0.287. The van der Waals surface area contributed by atoms with Gasteiger partial charge in [0.2, 0.25) is 5.88 Å². The second-order valence-electron chi connectivity index (χ2n) is 7.36. The maximum atomic E-state index is 5.73. The van der Waals surface area contributed by atoms with Crippen molar-refractivity contribution in [2.24, 2.45) is 0 Å². The van der Waals surface area contributed by atoms with Gasteiger partial charge in [0.25, 0.3) is 0 Å². The van der Waals surface area contributed by atoms with E-state index in [1.165, 1.54) is 5.56 Å². The van der Waals surface area contributed by atoms with Gasteiger partial charge in [-0.05, 0) is 25.5 Å². The molecule has 0 amide bonds.